The zero-order valence-electron chi connectivity index (χ0n) is 11.5. The van der Waals surface area contributed by atoms with Crippen LogP contribution in [-0.2, 0) is 6.42 Å². The molecule has 0 aliphatic carbocycles. The molecule has 110 valence electrons. The van der Waals surface area contributed by atoms with E-state index in [2.05, 4.69) is 4.98 Å². The first-order chi connectivity index (χ1) is 10.6. The highest BCUT2D eigenvalue weighted by Gasteiger charge is 2.13. The Morgan fingerprint density at radius 1 is 1.18 bits per heavy atom. The molecule has 22 heavy (non-hydrogen) atoms. The van der Waals surface area contributed by atoms with Crippen molar-refractivity contribution >= 4 is 17.1 Å². The number of carbonyl (C=O) groups is 1. The predicted molar refractivity (Wildman–Crippen MR) is 83.6 cm³/mol. The van der Waals surface area contributed by atoms with Crippen molar-refractivity contribution in [2.75, 3.05) is 0 Å². The summed E-state index contributed by atoms with van der Waals surface area (Å²) in [6.45, 7) is 0. The van der Waals surface area contributed by atoms with Gasteiger partial charge in [-0.05, 0) is 35.4 Å². The lowest BCUT2D eigenvalue weighted by atomic mass is 10.1. The van der Waals surface area contributed by atoms with Crippen LogP contribution in [0.3, 0.4) is 0 Å². The number of ketones is 1. The van der Waals surface area contributed by atoms with Crippen molar-refractivity contribution in [3.63, 3.8) is 0 Å². The molecule has 5 heteroatoms. The molecule has 1 N–H and O–H groups in total. The number of benzene rings is 2. The van der Waals surface area contributed by atoms with Gasteiger partial charge in [-0.1, -0.05) is 24.3 Å². The number of carbonyl (C=O) groups excluding carboxylic acids is 1. The van der Waals surface area contributed by atoms with E-state index in [4.69, 9.17) is 0 Å². The van der Waals surface area contributed by atoms with Crippen molar-refractivity contribution in [2.24, 2.45) is 0 Å². The van der Waals surface area contributed by atoms with Crippen molar-refractivity contribution < 1.29 is 14.3 Å². The second-order valence-electron chi connectivity index (χ2n) is 4.81. The van der Waals surface area contributed by atoms with Crippen LogP contribution >= 0.6 is 11.3 Å². The second-order valence-corrected chi connectivity index (χ2v) is 5.84. The Labute approximate surface area is 130 Å². The number of phenolic OH excluding ortho intramolecular Hbond substituents is 1. The molecule has 0 fully saturated rings. The van der Waals surface area contributed by atoms with Crippen LogP contribution in [0, 0.1) is 5.82 Å². The second kappa shape index (κ2) is 6.07. The zero-order valence-corrected chi connectivity index (χ0v) is 12.3. The molecule has 1 aromatic heterocycles. The SMILES string of the molecule is O=C(Cc1cccc(F)c1)c1ncc(-c2cccc(O)c2)s1. The molecule has 0 saturated carbocycles. The average molecular weight is 313 g/mol. The summed E-state index contributed by atoms with van der Waals surface area (Å²) in [6, 6.07) is 12.8. The molecule has 3 aromatic rings. The number of phenols is 1. The summed E-state index contributed by atoms with van der Waals surface area (Å²) in [7, 11) is 0. The van der Waals surface area contributed by atoms with Gasteiger partial charge in [0.25, 0.3) is 0 Å². The Bertz CT molecular complexity index is 829. The van der Waals surface area contributed by atoms with Crippen LogP contribution in [0.5, 0.6) is 5.75 Å². The first-order valence-electron chi connectivity index (χ1n) is 6.65. The number of Topliss-reactive ketones (excluding diaryl/α,β-unsaturated/α-hetero) is 1. The maximum absolute atomic E-state index is 13.1. The third kappa shape index (κ3) is 3.20. The van der Waals surface area contributed by atoms with Gasteiger partial charge in [0.2, 0.25) is 0 Å². The standard InChI is InChI=1S/C17H12FNO2S/c18-13-5-1-3-11(7-13)8-15(21)17-19-10-16(22-17)12-4-2-6-14(20)9-12/h1-7,9-10,20H,8H2. The number of halogens is 1. The van der Waals surface area contributed by atoms with Crippen molar-refractivity contribution in [3.8, 4) is 16.2 Å². The minimum atomic E-state index is -0.357. The van der Waals surface area contributed by atoms with Crippen LogP contribution in [-0.4, -0.2) is 15.9 Å². The number of thiazole rings is 1. The van der Waals surface area contributed by atoms with E-state index in [1.54, 1.807) is 36.5 Å². The molecule has 0 unspecified atom stereocenters. The van der Waals surface area contributed by atoms with Crippen LogP contribution in [0.2, 0.25) is 0 Å². The van der Waals surface area contributed by atoms with Crippen LogP contribution in [0.15, 0.2) is 54.7 Å². The summed E-state index contributed by atoms with van der Waals surface area (Å²) < 4.78 is 13.1. The third-order valence-corrected chi connectivity index (χ3v) is 4.22. The lowest BCUT2D eigenvalue weighted by Crippen LogP contribution is -2.02. The van der Waals surface area contributed by atoms with Gasteiger partial charge in [0.15, 0.2) is 10.8 Å². The Balaban J connectivity index is 1.80. The van der Waals surface area contributed by atoms with E-state index in [1.807, 2.05) is 6.07 Å². The quantitative estimate of drug-likeness (QED) is 0.738. The monoisotopic (exact) mass is 313 g/mol. The molecule has 0 amide bonds. The highest BCUT2D eigenvalue weighted by molar-refractivity contribution is 7.17. The van der Waals surface area contributed by atoms with E-state index in [0.29, 0.717) is 10.6 Å². The van der Waals surface area contributed by atoms with E-state index >= 15 is 0 Å². The molecule has 3 nitrogen and oxygen atoms in total. The minimum Gasteiger partial charge on any atom is -0.508 e. The fraction of sp³-hybridized carbons (Fsp3) is 0.0588. The van der Waals surface area contributed by atoms with Gasteiger partial charge in [-0.2, -0.15) is 0 Å². The summed E-state index contributed by atoms with van der Waals surface area (Å²) in [6.07, 6.45) is 1.73. The Hall–Kier alpha value is -2.53. The number of nitrogens with zero attached hydrogens (tertiary/aromatic N) is 1. The van der Waals surface area contributed by atoms with Gasteiger partial charge in [0.1, 0.15) is 11.6 Å². The fourth-order valence-corrected chi connectivity index (χ4v) is 2.95. The number of hydrogen-bond acceptors (Lipinski definition) is 4. The molecular weight excluding hydrogens is 301 g/mol. The summed E-state index contributed by atoms with van der Waals surface area (Å²) >= 11 is 1.26. The van der Waals surface area contributed by atoms with Gasteiger partial charge in [-0.25, -0.2) is 9.37 Å². The Kier molecular flexibility index (Phi) is 3.98. The molecule has 0 aliphatic rings. The zero-order chi connectivity index (χ0) is 15.5. The highest BCUT2D eigenvalue weighted by atomic mass is 32.1. The predicted octanol–water partition coefficient (Wildman–Crippen LogP) is 4.08. The lowest BCUT2D eigenvalue weighted by molar-refractivity contribution is 0.0992. The van der Waals surface area contributed by atoms with Gasteiger partial charge in [0.05, 0.1) is 4.88 Å². The molecule has 0 saturated heterocycles. The Morgan fingerprint density at radius 2 is 2.00 bits per heavy atom. The molecule has 3 rings (SSSR count). The summed E-state index contributed by atoms with van der Waals surface area (Å²) in [4.78, 5) is 17.2. The number of rotatable bonds is 4. The van der Waals surface area contributed by atoms with Crippen LogP contribution < -0.4 is 0 Å². The van der Waals surface area contributed by atoms with E-state index in [-0.39, 0.29) is 23.8 Å². The van der Waals surface area contributed by atoms with E-state index in [0.717, 1.165) is 10.4 Å². The van der Waals surface area contributed by atoms with Crippen molar-refractivity contribution in [1.82, 2.24) is 4.98 Å². The molecule has 0 aliphatic heterocycles. The number of hydrogen-bond donors (Lipinski definition) is 1. The summed E-state index contributed by atoms with van der Waals surface area (Å²) in [5.74, 6) is -0.342. The maximum atomic E-state index is 13.1. The molecule has 0 radical (unpaired) electrons. The largest absolute Gasteiger partial charge is 0.508 e. The molecule has 0 atom stereocenters. The molecule has 0 spiro atoms. The molecule has 1 heterocycles. The van der Waals surface area contributed by atoms with Gasteiger partial charge in [-0.3, -0.25) is 4.79 Å². The van der Waals surface area contributed by atoms with Crippen molar-refractivity contribution in [2.45, 2.75) is 6.42 Å². The van der Waals surface area contributed by atoms with Gasteiger partial charge < -0.3 is 5.11 Å². The van der Waals surface area contributed by atoms with Crippen LogP contribution in [0.1, 0.15) is 15.4 Å². The summed E-state index contributed by atoms with van der Waals surface area (Å²) in [5.41, 5.74) is 1.43. The average Bonchev–Trinajstić information content (AvgIpc) is 2.97. The smallest absolute Gasteiger partial charge is 0.195 e. The third-order valence-electron chi connectivity index (χ3n) is 3.13. The number of aromatic nitrogens is 1. The molecule has 2 aromatic carbocycles. The van der Waals surface area contributed by atoms with E-state index in [1.165, 1.54) is 23.5 Å². The van der Waals surface area contributed by atoms with Gasteiger partial charge in [0, 0.05) is 12.6 Å². The van der Waals surface area contributed by atoms with Gasteiger partial charge in [-0.15, -0.1) is 11.3 Å². The normalized spacial score (nSPS) is 10.6. The van der Waals surface area contributed by atoms with Crippen molar-refractivity contribution in [1.29, 1.82) is 0 Å². The highest BCUT2D eigenvalue weighted by Crippen LogP contribution is 2.29. The van der Waals surface area contributed by atoms with Crippen LogP contribution in [0.4, 0.5) is 4.39 Å². The topological polar surface area (TPSA) is 50.2 Å². The van der Waals surface area contributed by atoms with Gasteiger partial charge >= 0.3 is 0 Å². The molecule has 0 bridgehead atoms. The maximum Gasteiger partial charge on any atom is 0.195 e. The minimum absolute atomic E-state index is 0.116. The van der Waals surface area contributed by atoms with Crippen molar-refractivity contribution in [3.05, 3.63) is 71.1 Å². The van der Waals surface area contributed by atoms with E-state index < -0.39 is 0 Å². The Morgan fingerprint density at radius 3 is 2.77 bits per heavy atom. The van der Waals surface area contributed by atoms with E-state index in [9.17, 15) is 14.3 Å². The lowest BCUT2D eigenvalue weighted by Gasteiger charge is -1.99. The summed E-state index contributed by atoms with van der Waals surface area (Å²) in [5, 5.41) is 9.87. The van der Waals surface area contributed by atoms with Crippen LogP contribution in [0.25, 0.3) is 10.4 Å². The first kappa shape index (κ1) is 14.4. The fourth-order valence-electron chi connectivity index (χ4n) is 2.10. The molecular formula is C17H12FNO2S. The first-order valence-corrected chi connectivity index (χ1v) is 7.46. The number of aromatic hydroxyl groups is 1.